The number of nitrogens with one attached hydrogen (secondary N) is 1. The van der Waals surface area contributed by atoms with Crippen LogP contribution in [0.2, 0.25) is 10.0 Å². The number of carbonyl (C=O) groups is 1. The monoisotopic (exact) mass is 529 g/mol. The molecule has 0 saturated carbocycles. The number of hydrogen-bond donors (Lipinski definition) is 1. The van der Waals surface area contributed by atoms with Crippen molar-refractivity contribution >= 4 is 69.6 Å². The summed E-state index contributed by atoms with van der Waals surface area (Å²) in [7, 11) is 0. The lowest BCUT2D eigenvalue weighted by molar-refractivity contribution is -0.129. The molecule has 9 heteroatoms. The van der Waals surface area contributed by atoms with Gasteiger partial charge < -0.3 is 14.8 Å². The molecular formula is C23H16Cl5NO3. The normalized spacial score (nSPS) is 15.5. The third-order valence-electron chi connectivity index (χ3n) is 4.96. The van der Waals surface area contributed by atoms with Crippen LogP contribution in [0.3, 0.4) is 0 Å². The fourth-order valence-electron chi connectivity index (χ4n) is 3.53. The first-order valence-corrected chi connectivity index (χ1v) is 11.4. The van der Waals surface area contributed by atoms with Gasteiger partial charge >= 0.3 is 0 Å². The molecule has 3 aromatic carbocycles. The minimum absolute atomic E-state index is 0.418. The number of amides is 1. The molecule has 0 bridgehead atoms. The smallest absolute Gasteiger partial charge is 0.276 e. The molecule has 166 valence electrons. The second-order valence-electron chi connectivity index (χ2n) is 7.04. The number of anilines is 1. The molecule has 0 radical (unpaired) electrons. The molecule has 1 fully saturated rings. The maximum Gasteiger partial charge on any atom is 0.276 e. The molecule has 1 aliphatic heterocycles. The van der Waals surface area contributed by atoms with Crippen molar-refractivity contribution in [2.45, 2.75) is 9.58 Å². The lowest BCUT2D eigenvalue weighted by Gasteiger charge is -2.29. The molecule has 4 rings (SSSR count). The second-order valence-corrected chi connectivity index (χ2v) is 10.2. The third-order valence-corrected chi connectivity index (χ3v) is 5.96. The molecule has 1 heterocycles. The van der Waals surface area contributed by atoms with Crippen LogP contribution in [-0.2, 0) is 20.1 Å². The molecule has 32 heavy (non-hydrogen) atoms. The predicted molar refractivity (Wildman–Crippen MR) is 130 cm³/mol. The summed E-state index contributed by atoms with van der Waals surface area (Å²) in [6, 6.07) is 19.8. The Balaban J connectivity index is 1.86. The number of rotatable bonds is 4. The van der Waals surface area contributed by atoms with Crippen molar-refractivity contribution in [1.29, 1.82) is 0 Å². The Morgan fingerprint density at radius 1 is 0.844 bits per heavy atom. The number of ether oxygens (including phenoxy) is 2. The zero-order valence-electron chi connectivity index (χ0n) is 16.4. The topological polar surface area (TPSA) is 47.6 Å². The van der Waals surface area contributed by atoms with E-state index < -0.39 is 15.5 Å². The Labute approximate surface area is 210 Å². The molecule has 0 unspecified atom stereocenters. The minimum Gasteiger partial charge on any atom is -0.340 e. The molecule has 0 spiro atoms. The highest BCUT2D eigenvalue weighted by atomic mass is 35.6. The maximum absolute atomic E-state index is 12.3. The molecular weight excluding hydrogens is 516 g/mol. The van der Waals surface area contributed by atoms with Crippen molar-refractivity contribution < 1.29 is 14.3 Å². The van der Waals surface area contributed by atoms with Crippen LogP contribution in [-0.4, -0.2) is 22.9 Å². The molecule has 0 atom stereocenters. The average molecular weight is 532 g/mol. The van der Waals surface area contributed by atoms with E-state index in [9.17, 15) is 4.79 Å². The lowest BCUT2D eigenvalue weighted by Crippen LogP contribution is -2.29. The quantitative estimate of drug-likeness (QED) is 0.362. The van der Waals surface area contributed by atoms with Crippen LogP contribution in [0.4, 0.5) is 5.69 Å². The summed E-state index contributed by atoms with van der Waals surface area (Å²) in [6.45, 7) is 0.835. The number of hydrogen-bond acceptors (Lipinski definition) is 3. The Morgan fingerprint density at radius 2 is 1.50 bits per heavy atom. The van der Waals surface area contributed by atoms with Gasteiger partial charge in [0.1, 0.15) is 0 Å². The van der Waals surface area contributed by atoms with Crippen LogP contribution in [0, 0.1) is 0 Å². The molecule has 1 aliphatic rings. The summed E-state index contributed by atoms with van der Waals surface area (Å²) in [6.07, 6.45) is 0. The number of benzene rings is 3. The first kappa shape index (κ1) is 23.7. The fraction of sp³-hybridized carbons (Fsp3) is 0.174. The van der Waals surface area contributed by atoms with Gasteiger partial charge in [0, 0.05) is 32.4 Å². The van der Waals surface area contributed by atoms with Crippen LogP contribution in [0.15, 0.2) is 66.7 Å². The van der Waals surface area contributed by atoms with Crippen molar-refractivity contribution in [3.05, 3.63) is 87.9 Å². The van der Waals surface area contributed by atoms with E-state index in [2.05, 4.69) is 5.32 Å². The summed E-state index contributed by atoms with van der Waals surface area (Å²) in [5.74, 6) is -1.91. The molecule has 1 saturated heterocycles. The van der Waals surface area contributed by atoms with E-state index >= 15 is 0 Å². The summed E-state index contributed by atoms with van der Waals surface area (Å²) in [4.78, 5) is 12.3. The standard InChI is InChI=1S/C23H16Cl5NO3/c24-17-7-4-15(5-8-17)22(31-10-11-32-22)16-6-9-20(29-21(30)23(26,27)28)19(13-16)14-2-1-3-18(25)12-14/h1-9,12-13H,10-11H2,(H,29,30). The Morgan fingerprint density at radius 3 is 2.12 bits per heavy atom. The van der Waals surface area contributed by atoms with Crippen LogP contribution >= 0.6 is 58.0 Å². The van der Waals surface area contributed by atoms with Crippen molar-refractivity contribution in [1.82, 2.24) is 0 Å². The largest absolute Gasteiger partial charge is 0.340 e. The van der Waals surface area contributed by atoms with E-state index in [4.69, 9.17) is 67.5 Å². The first-order valence-electron chi connectivity index (χ1n) is 9.52. The SMILES string of the molecule is O=C(Nc1ccc(C2(c3ccc(Cl)cc3)OCCO2)cc1-c1cccc(Cl)c1)C(Cl)(Cl)Cl. The van der Waals surface area contributed by atoms with E-state index in [-0.39, 0.29) is 0 Å². The van der Waals surface area contributed by atoms with Crippen molar-refractivity contribution in [2.24, 2.45) is 0 Å². The summed E-state index contributed by atoms with van der Waals surface area (Å²) in [5, 5.41) is 3.81. The lowest BCUT2D eigenvalue weighted by atomic mass is 9.93. The summed E-state index contributed by atoms with van der Waals surface area (Å²) in [5.41, 5.74) is 3.36. The highest BCUT2D eigenvalue weighted by Gasteiger charge is 2.41. The number of alkyl halides is 3. The Bertz CT molecular complexity index is 1140. The van der Waals surface area contributed by atoms with E-state index in [1.807, 2.05) is 30.3 Å². The van der Waals surface area contributed by atoms with Gasteiger partial charge in [-0.25, -0.2) is 0 Å². The number of carbonyl (C=O) groups excluding carboxylic acids is 1. The van der Waals surface area contributed by atoms with Gasteiger partial charge in [0.05, 0.1) is 13.2 Å². The minimum atomic E-state index is -2.12. The van der Waals surface area contributed by atoms with Gasteiger partial charge in [-0.05, 0) is 42.0 Å². The van der Waals surface area contributed by atoms with Crippen molar-refractivity contribution in [3.8, 4) is 11.1 Å². The Hall–Kier alpha value is -1.50. The van der Waals surface area contributed by atoms with Gasteiger partial charge in [0.15, 0.2) is 0 Å². The van der Waals surface area contributed by atoms with Gasteiger partial charge in [-0.1, -0.05) is 88.3 Å². The number of halogens is 5. The Kier molecular flexibility index (Phi) is 6.94. The van der Waals surface area contributed by atoms with E-state index in [0.717, 1.165) is 16.7 Å². The molecule has 4 nitrogen and oxygen atoms in total. The third kappa shape index (κ3) is 4.87. The zero-order chi connectivity index (χ0) is 22.9. The highest BCUT2D eigenvalue weighted by Crippen LogP contribution is 2.42. The van der Waals surface area contributed by atoms with E-state index in [1.54, 1.807) is 36.4 Å². The van der Waals surface area contributed by atoms with E-state index in [1.165, 1.54) is 0 Å². The molecule has 1 N–H and O–H groups in total. The van der Waals surface area contributed by atoms with Crippen LogP contribution in [0.25, 0.3) is 11.1 Å². The average Bonchev–Trinajstić information content (AvgIpc) is 3.25. The van der Waals surface area contributed by atoms with Crippen molar-refractivity contribution in [2.75, 3.05) is 18.5 Å². The molecule has 0 aliphatic carbocycles. The van der Waals surface area contributed by atoms with Gasteiger partial charge in [0.2, 0.25) is 5.79 Å². The van der Waals surface area contributed by atoms with Crippen molar-refractivity contribution in [3.63, 3.8) is 0 Å². The summed E-state index contributed by atoms with van der Waals surface area (Å²) < 4.78 is 10.1. The van der Waals surface area contributed by atoms with Gasteiger partial charge in [-0.2, -0.15) is 0 Å². The van der Waals surface area contributed by atoms with E-state index in [0.29, 0.717) is 34.5 Å². The summed E-state index contributed by atoms with van der Waals surface area (Å²) >= 11 is 29.5. The fourth-order valence-corrected chi connectivity index (χ4v) is 3.99. The highest BCUT2D eigenvalue weighted by molar-refractivity contribution is 6.76. The molecule has 0 aromatic heterocycles. The van der Waals surface area contributed by atoms with Crippen LogP contribution in [0.1, 0.15) is 11.1 Å². The molecule has 3 aromatic rings. The van der Waals surface area contributed by atoms with Crippen LogP contribution < -0.4 is 5.32 Å². The molecule has 1 amide bonds. The van der Waals surface area contributed by atoms with Gasteiger partial charge in [-0.3, -0.25) is 4.79 Å². The van der Waals surface area contributed by atoms with Gasteiger partial charge in [0.25, 0.3) is 9.70 Å². The van der Waals surface area contributed by atoms with Gasteiger partial charge in [-0.15, -0.1) is 0 Å². The predicted octanol–water partition coefficient (Wildman–Crippen LogP) is 7.22. The maximum atomic E-state index is 12.3. The zero-order valence-corrected chi connectivity index (χ0v) is 20.2. The second kappa shape index (κ2) is 9.40. The first-order chi connectivity index (χ1) is 15.2. The van der Waals surface area contributed by atoms with Crippen LogP contribution in [0.5, 0.6) is 0 Å².